The van der Waals surface area contributed by atoms with Gasteiger partial charge in [-0.25, -0.2) is 9.78 Å². The first-order chi connectivity index (χ1) is 51.5. The van der Waals surface area contributed by atoms with Crippen LogP contribution in [-0.4, -0.2) is 233 Å². The lowest BCUT2D eigenvalue weighted by molar-refractivity contribution is -0.142. The molecule has 0 aliphatic carbocycles. The van der Waals surface area contributed by atoms with Gasteiger partial charge < -0.3 is 105 Å². The van der Waals surface area contributed by atoms with E-state index in [9.17, 15) is 73.2 Å². The molecule has 7 rings (SSSR count). The average molecular weight is 1540 g/mol. The van der Waals surface area contributed by atoms with E-state index >= 15 is 9.59 Å². The first-order valence-electron chi connectivity index (χ1n) is 35.7. The van der Waals surface area contributed by atoms with Crippen LogP contribution in [0.15, 0.2) is 97.6 Å². The number of hydrogen-bond donors (Lipinski definition) is 19. The number of fused-ring (bicyclic) bond motifs is 2. The Bertz CT molecular complexity index is 3910. The molecular formula is C72H99N17O17S2. The minimum absolute atomic E-state index is 0.00705. The number of imidazole rings is 1. The molecule has 2 aliphatic rings. The lowest BCUT2D eigenvalue weighted by atomic mass is 9.99. The first kappa shape index (κ1) is 85.1. The zero-order valence-corrected chi connectivity index (χ0v) is 62.3. The minimum atomic E-state index is -1.79. The number of nitrogens with two attached hydrogens (primary N) is 2. The molecule has 2 aliphatic heterocycles. The molecule has 2 aromatic heterocycles. The molecule has 13 atom stereocenters. The van der Waals surface area contributed by atoms with E-state index in [1.165, 1.54) is 48.6 Å². The number of H-pyrrole nitrogens is 2. The molecule has 2 saturated heterocycles. The molecule has 34 nitrogen and oxygen atoms in total. The number of para-hydroxylation sites is 1. The number of nitrogens with zero attached hydrogens (tertiary/aromatic N) is 2. The zero-order chi connectivity index (χ0) is 78.7. The SMILES string of the molecule is CC(C)C[C@@H]1NC(=O)[C@@H]2CCCN2C(=O)CNC(=O)[C@H](Cc2ccccc2)NC(=O)[C@H](Cc2cnc[nH]2)NC(=O)[C@@H](NC(=O)[C@H](CO)NC(=O)[C@@H](N)Cc2ccc(O)cc2)CSSC[C@@H](C(=O)N[C@@H](CCCCN)C(=O)O)NC(=O)[C@H](C(C)C)NC(=O)[C@H](Cc2c[nH]c3ccccc23)NC(=O)[C@H]([C@@H](C)O)NC1=O. The fraction of sp³-hybridized carbons (Fsp3) is 0.500. The third kappa shape index (κ3) is 25.5. The van der Waals surface area contributed by atoms with Crippen LogP contribution in [0, 0.1) is 11.8 Å². The highest BCUT2D eigenvalue weighted by Gasteiger charge is 2.41. The van der Waals surface area contributed by atoms with Crippen LogP contribution in [0.25, 0.3) is 10.9 Å². The number of amides is 12. The summed E-state index contributed by atoms with van der Waals surface area (Å²) in [5, 5.41) is 71.2. The number of carbonyl (C=O) groups is 13. The van der Waals surface area contributed by atoms with Gasteiger partial charge in [0.05, 0.1) is 31.6 Å². The van der Waals surface area contributed by atoms with Gasteiger partial charge >= 0.3 is 5.97 Å². The van der Waals surface area contributed by atoms with Gasteiger partial charge in [0.15, 0.2) is 0 Å². The number of carboxylic acid groups (broad SMARTS) is 1. The number of phenols is 1. The molecule has 0 radical (unpaired) electrons. The Morgan fingerprint density at radius 2 is 1.29 bits per heavy atom. The Balaban J connectivity index is 1.28. The normalized spacial score (nSPS) is 22.9. The van der Waals surface area contributed by atoms with Crippen molar-refractivity contribution in [1.29, 1.82) is 0 Å². The smallest absolute Gasteiger partial charge is 0.326 e. The number of carbonyl (C=O) groups excluding carboxylic acids is 12. The van der Waals surface area contributed by atoms with E-state index in [-0.39, 0.29) is 76.1 Å². The molecule has 0 spiro atoms. The summed E-state index contributed by atoms with van der Waals surface area (Å²) in [5.41, 5.74) is 14.5. The van der Waals surface area contributed by atoms with Gasteiger partial charge in [-0.15, -0.1) is 0 Å². The van der Waals surface area contributed by atoms with E-state index in [1.807, 2.05) is 0 Å². The minimum Gasteiger partial charge on any atom is -0.508 e. The van der Waals surface area contributed by atoms with Crippen LogP contribution in [0.5, 0.6) is 5.75 Å². The van der Waals surface area contributed by atoms with Crippen LogP contribution >= 0.6 is 21.6 Å². The molecule has 5 aromatic rings. The summed E-state index contributed by atoms with van der Waals surface area (Å²) in [6.07, 6.45) is 2.83. The number of rotatable bonds is 24. The second kappa shape index (κ2) is 41.8. The largest absolute Gasteiger partial charge is 0.508 e. The highest BCUT2D eigenvalue weighted by molar-refractivity contribution is 8.76. The standard InChI is InChI=1S/C72H99N17O17S2/c1-38(2)26-50-64(97)88-60(40(5)91)71(104)83-52(29-43-31-76-48-17-10-9-16-46(43)48)65(98)87-59(39(3)4)70(103)86-56(67(100)79-49(72(105)106)18-11-12-24-73)36-108-107-35-55(85-66(99)54(34-90)84-61(94)47(74)27-42-20-22-45(92)23-21-42)68(101)81-53(30-44-32-75-37-78-44)63(96)80-51(28-41-14-7-6-8-15-41)62(95)77-33-58(93)89-25-13-19-57(89)69(102)82-50/h6-10,14-17,20-23,31-32,37-40,47,49-57,59-60,76,90-92H,11-13,18-19,24-30,33-36,73-74H2,1-5H3,(H,75,78)(H,77,95)(H,79,100)(H,80,96)(H,81,101)(H,82,102)(H,83,104)(H,84,94)(H,85,99)(H,86,103)(H,87,98)(H,88,97)(H,105,106)/t40-,47+,49+,50+,51+,52+,53+,54+,55+,56+,57+,59+,60+/m1/s1. The maximum absolute atomic E-state index is 15.1. The fourth-order valence-electron chi connectivity index (χ4n) is 12.2. The highest BCUT2D eigenvalue weighted by atomic mass is 33.1. The number of aromatic hydroxyl groups is 1. The Morgan fingerprint density at radius 3 is 1.95 bits per heavy atom. The number of aliphatic hydroxyl groups excluding tert-OH is 2. The van der Waals surface area contributed by atoms with Gasteiger partial charge in [0.1, 0.15) is 72.2 Å². The summed E-state index contributed by atoms with van der Waals surface area (Å²) in [6, 6.07) is 2.85. The second-order valence-corrected chi connectivity index (χ2v) is 30.0. The van der Waals surface area contributed by atoms with Crippen molar-refractivity contribution in [1.82, 2.24) is 78.3 Å². The quantitative estimate of drug-likeness (QED) is 0.0231. The number of aromatic amines is 2. The van der Waals surface area contributed by atoms with Crippen LogP contribution in [0.2, 0.25) is 0 Å². The molecule has 586 valence electrons. The van der Waals surface area contributed by atoms with Crippen LogP contribution < -0.4 is 70.0 Å². The van der Waals surface area contributed by atoms with E-state index < -0.39 is 186 Å². The maximum atomic E-state index is 15.1. The van der Waals surface area contributed by atoms with Gasteiger partial charge in [-0.1, -0.05) is 110 Å². The van der Waals surface area contributed by atoms with Crippen molar-refractivity contribution in [2.24, 2.45) is 23.3 Å². The van der Waals surface area contributed by atoms with E-state index in [0.717, 1.165) is 21.6 Å². The molecule has 36 heteroatoms. The molecule has 2 fully saturated rings. The Kier molecular flexibility index (Phi) is 33.0. The first-order valence-corrected chi connectivity index (χ1v) is 38.2. The predicted molar refractivity (Wildman–Crippen MR) is 400 cm³/mol. The molecular weight excluding hydrogens is 1440 g/mol. The third-order valence-electron chi connectivity index (χ3n) is 18.1. The van der Waals surface area contributed by atoms with E-state index in [4.69, 9.17) is 11.5 Å². The number of aliphatic carboxylic acids is 1. The van der Waals surface area contributed by atoms with Gasteiger partial charge in [-0.05, 0) is 105 Å². The predicted octanol–water partition coefficient (Wildman–Crippen LogP) is -2.17. The number of phenolic OH excluding ortho intramolecular Hbond substituents is 1. The Morgan fingerprint density at radius 1 is 0.657 bits per heavy atom. The van der Waals surface area contributed by atoms with Crippen molar-refractivity contribution in [2.45, 2.75) is 177 Å². The Labute approximate surface area is 631 Å². The fourth-order valence-corrected chi connectivity index (χ4v) is 14.5. The van der Waals surface area contributed by atoms with Gasteiger partial charge in [-0.3, -0.25) is 57.5 Å². The number of aliphatic hydroxyl groups is 2. The van der Waals surface area contributed by atoms with E-state index in [1.54, 1.807) is 88.5 Å². The average Bonchev–Trinajstić information content (AvgIpc) is 1.62. The molecule has 12 amide bonds. The van der Waals surface area contributed by atoms with Crippen molar-refractivity contribution in [3.8, 4) is 5.75 Å². The summed E-state index contributed by atoms with van der Waals surface area (Å²) in [6.45, 7) is 6.43. The molecule has 3 aromatic carbocycles. The molecule has 0 bridgehead atoms. The van der Waals surface area contributed by atoms with Crippen LogP contribution in [0.4, 0.5) is 0 Å². The second-order valence-electron chi connectivity index (χ2n) is 27.4. The van der Waals surface area contributed by atoms with Crippen molar-refractivity contribution < 1.29 is 82.8 Å². The summed E-state index contributed by atoms with van der Waals surface area (Å²) < 4.78 is 0. The van der Waals surface area contributed by atoms with Crippen molar-refractivity contribution in [3.63, 3.8) is 0 Å². The number of nitrogens with one attached hydrogen (secondary N) is 13. The third-order valence-corrected chi connectivity index (χ3v) is 20.5. The number of aromatic nitrogens is 3. The molecule has 21 N–H and O–H groups in total. The van der Waals surface area contributed by atoms with Crippen molar-refractivity contribution in [2.75, 3.05) is 37.7 Å². The van der Waals surface area contributed by atoms with Gasteiger partial charge in [-0.2, -0.15) is 0 Å². The van der Waals surface area contributed by atoms with Gasteiger partial charge in [0.25, 0.3) is 0 Å². The Hall–Kier alpha value is -10.1. The maximum Gasteiger partial charge on any atom is 0.326 e. The lowest BCUT2D eigenvalue weighted by Gasteiger charge is -2.30. The summed E-state index contributed by atoms with van der Waals surface area (Å²) in [5.74, 6) is -14.8. The van der Waals surface area contributed by atoms with Crippen LogP contribution in [-0.2, 0) is 88.0 Å². The summed E-state index contributed by atoms with van der Waals surface area (Å²) in [4.78, 5) is 199. The van der Waals surface area contributed by atoms with Crippen LogP contribution in [0.3, 0.4) is 0 Å². The number of carboxylic acids is 1. The lowest BCUT2D eigenvalue weighted by Crippen LogP contribution is -2.62. The summed E-state index contributed by atoms with van der Waals surface area (Å²) >= 11 is 0. The number of hydrogen-bond acceptors (Lipinski definition) is 21. The highest BCUT2D eigenvalue weighted by Crippen LogP contribution is 2.26. The molecule has 4 heterocycles. The number of benzene rings is 3. The van der Waals surface area contributed by atoms with E-state index in [2.05, 4.69) is 73.4 Å². The van der Waals surface area contributed by atoms with Gasteiger partial charge in [0.2, 0.25) is 70.9 Å². The topological polar surface area (TPSA) is 535 Å². The monoisotopic (exact) mass is 1540 g/mol. The van der Waals surface area contributed by atoms with Crippen molar-refractivity contribution >= 4 is 109 Å². The molecule has 0 saturated carbocycles. The zero-order valence-electron chi connectivity index (χ0n) is 60.7. The van der Waals surface area contributed by atoms with Crippen molar-refractivity contribution in [3.05, 3.63) is 120 Å². The summed E-state index contributed by atoms with van der Waals surface area (Å²) in [7, 11) is 1.66. The molecule has 0 unspecified atom stereocenters. The number of unbranched alkanes of at least 4 members (excludes halogenated alkanes) is 1. The van der Waals surface area contributed by atoms with E-state index in [0.29, 0.717) is 46.1 Å². The molecule has 108 heavy (non-hydrogen) atoms. The van der Waals surface area contributed by atoms with Gasteiger partial charge in [0, 0.05) is 66.3 Å². The van der Waals surface area contributed by atoms with Crippen LogP contribution in [0.1, 0.15) is 95.5 Å².